The molecule has 0 aliphatic rings. The lowest BCUT2D eigenvalue weighted by Crippen LogP contribution is -2.26. The van der Waals surface area contributed by atoms with Crippen molar-refractivity contribution < 1.29 is 45.0 Å². The van der Waals surface area contributed by atoms with Gasteiger partial charge < -0.3 is 36.0 Å². The number of aliphatic hydroxyl groups is 4. The van der Waals surface area contributed by atoms with Crippen molar-refractivity contribution in [2.24, 2.45) is 0 Å². The van der Waals surface area contributed by atoms with Crippen molar-refractivity contribution in [2.75, 3.05) is 11.9 Å². The SMILES string of the molecule is O=C(CO)Nc1c(CC(O)I)c(C(=O)O)c(CC(O)I)c(C(=O)O)c1CC(O)I. The van der Waals surface area contributed by atoms with Crippen LogP contribution in [0.25, 0.3) is 0 Å². The lowest BCUT2D eigenvalue weighted by atomic mass is 9.85. The topological polar surface area (TPSA) is 185 Å². The summed E-state index contributed by atoms with van der Waals surface area (Å²) in [6.07, 6.45) is -0.859. The maximum absolute atomic E-state index is 12.0. The summed E-state index contributed by atoms with van der Waals surface area (Å²) in [5.41, 5.74) is -1.44. The number of carbonyl (C=O) groups is 3. The number of aliphatic hydroxyl groups excluding tert-OH is 4. The van der Waals surface area contributed by atoms with Crippen LogP contribution in [0.1, 0.15) is 37.4 Å². The zero-order chi connectivity index (χ0) is 22.5. The molecule has 7 N–H and O–H groups in total. The Balaban J connectivity index is 4.15. The van der Waals surface area contributed by atoms with Gasteiger partial charge in [0.2, 0.25) is 5.91 Å². The second-order valence-electron chi connectivity index (χ2n) is 5.79. The second-order valence-corrected chi connectivity index (χ2v) is 10.1. The Morgan fingerprint density at radius 2 is 1.10 bits per heavy atom. The summed E-state index contributed by atoms with van der Waals surface area (Å²) >= 11 is 4.85. The standard InChI is InChI=1S/C16H18I3NO9/c17-8(22)1-5-12(15(26)27)6(2-9(18)23)14(20-11(25)4-21)7(3-10(19)24)13(5)16(28)29/h8-10,21-24H,1-4H2,(H,20,25)(H,26,27)(H,28,29). The van der Waals surface area contributed by atoms with Crippen LogP contribution in [0.5, 0.6) is 0 Å². The van der Waals surface area contributed by atoms with Gasteiger partial charge in [-0.2, -0.15) is 0 Å². The summed E-state index contributed by atoms with van der Waals surface area (Å²) in [6, 6.07) is 0. The molecule has 1 aromatic rings. The fourth-order valence-electron chi connectivity index (χ4n) is 2.89. The third kappa shape index (κ3) is 7.39. The highest BCUT2D eigenvalue weighted by atomic mass is 127. The minimum atomic E-state index is -1.51. The number of carboxylic acid groups (broad SMARTS) is 2. The highest BCUT2D eigenvalue weighted by Crippen LogP contribution is 2.37. The van der Waals surface area contributed by atoms with Crippen LogP contribution in [0.2, 0.25) is 0 Å². The zero-order valence-corrected chi connectivity index (χ0v) is 21.1. The van der Waals surface area contributed by atoms with Crippen molar-refractivity contribution in [2.45, 2.75) is 31.6 Å². The van der Waals surface area contributed by atoms with Crippen molar-refractivity contribution in [3.05, 3.63) is 27.8 Å². The van der Waals surface area contributed by atoms with E-state index in [1.54, 1.807) is 67.8 Å². The molecule has 1 amide bonds. The lowest BCUT2D eigenvalue weighted by Gasteiger charge is -2.25. The highest BCUT2D eigenvalue weighted by Gasteiger charge is 2.32. The third-order valence-corrected chi connectivity index (χ3v) is 5.09. The molecular weight excluding hydrogens is 731 g/mol. The first-order chi connectivity index (χ1) is 13.4. The predicted molar refractivity (Wildman–Crippen MR) is 127 cm³/mol. The molecular formula is C16H18I3NO9. The van der Waals surface area contributed by atoms with E-state index in [2.05, 4.69) is 5.32 Å². The largest absolute Gasteiger partial charge is 0.478 e. The van der Waals surface area contributed by atoms with Crippen molar-refractivity contribution in [3.8, 4) is 0 Å². The normalized spacial score (nSPS) is 14.2. The van der Waals surface area contributed by atoms with E-state index in [1.807, 2.05) is 0 Å². The van der Waals surface area contributed by atoms with E-state index < -0.39 is 47.9 Å². The van der Waals surface area contributed by atoms with Gasteiger partial charge in [0.05, 0.1) is 11.1 Å². The molecule has 1 aromatic carbocycles. The quantitative estimate of drug-likeness (QED) is 0.135. The number of amides is 1. The molecule has 0 aliphatic heterocycles. The Labute approximate surface area is 206 Å². The molecule has 0 radical (unpaired) electrons. The number of alkyl halides is 3. The summed E-state index contributed by atoms with van der Waals surface area (Å²) in [5.74, 6) is -3.94. The first-order valence-corrected chi connectivity index (χ1v) is 11.7. The second kappa shape index (κ2) is 11.9. The maximum Gasteiger partial charge on any atom is 0.336 e. The molecule has 10 nitrogen and oxygen atoms in total. The summed E-state index contributed by atoms with van der Waals surface area (Å²) < 4.78 is -3.28. The maximum atomic E-state index is 12.0. The van der Waals surface area contributed by atoms with Crippen molar-refractivity contribution >= 4 is 91.3 Å². The van der Waals surface area contributed by atoms with Gasteiger partial charge in [0.15, 0.2) is 0 Å². The van der Waals surface area contributed by atoms with Crippen molar-refractivity contribution in [1.82, 2.24) is 0 Å². The summed E-state index contributed by atoms with van der Waals surface area (Å²) in [6.45, 7) is -0.947. The average Bonchev–Trinajstić information content (AvgIpc) is 2.55. The molecule has 3 unspecified atom stereocenters. The minimum Gasteiger partial charge on any atom is -0.478 e. The molecule has 0 spiro atoms. The Bertz CT molecular complexity index is 747. The van der Waals surface area contributed by atoms with Crippen LogP contribution in [0.15, 0.2) is 0 Å². The Hall–Kier alpha value is -0.340. The van der Waals surface area contributed by atoms with E-state index in [-0.39, 0.29) is 41.6 Å². The summed E-state index contributed by atoms with van der Waals surface area (Å²) in [5, 5.41) is 60.5. The number of hydrogen-bond acceptors (Lipinski definition) is 7. The van der Waals surface area contributed by atoms with Crippen molar-refractivity contribution in [3.63, 3.8) is 0 Å². The summed E-state index contributed by atoms with van der Waals surface area (Å²) in [7, 11) is 0. The van der Waals surface area contributed by atoms with Crippen LogP contribution in [0.3, 0.4) is 0 Å². The smallest absolute Gasteiger partial charge is 0.336 e. The Morgan fingerprint density at radius 1 is 0.759 bits per heavy atom. The Morgan fingerprint density at radius 3 is 1.38 bits per heavy atom. The molecule has 0 aliphatic carbocycles. The van der Waals surface area contributed by atoms with Crippen LogP contribution in [0, 0.1) is 0 Å². The molecule has 0 bridgehead atoms. The van der Waals surface area contributed by atoms with Gasteiger partial charge >= 0.3 is 11.9 Å². The third-order valence-electron chi connectivity index (χ3n) is 3.76. The lowest BCUT2D eigenvalue weighted by molar-refractivity contribution is -0.118. The van der Waals surface area contributed by atoms with Gasteiger partial charge in [0, 0.05) is 24.9 Å². The molecule has 0 fully saturated rings. The minimum absolute atomic E-state index is 0.0645. The molecule has 0 heterocycles. The molecule has 1 rings (SSSR count). The van der Waals surface area contributed by atoms with Gasteiger partial charge in [-0.15, -0.1) is 0 Å². The number of anilines is 1. The van der Waals surface area contributed by atoms with Crippen LogP contribution in [-0.4, -0.2) is 67.4 Å². The van der Waals surface area contributed by atoms with E-state index in [9.17, 15) is 39.9 Å². The number of hydrogen-bond donors (Lipinski definition) is 7. The van der Waals surface area contributed by atoms with Gasteiger partial charge in [-0.1, -0.05) is 67.8 Å². The average molecular weight is 749 g/mol. The number of halogens is 3. The van der Waals surface area contributed by atoms with E-state index in [0.717, 1.165) is 0 Å². The van der Waals surface area contributed by atoms with Crippen LogP contribution < -0.4 is 5.32 Å². The number of carboxylic acids is 2. The van der Waals surface area contributed by atoms with Crippen molar-refractivity contribution in [1.29, 1.82) is 0 Å². The number of aromatic carboxylic acids is 2. The molecule has 0 aromatic heterocycles. The first kappa shape index (κ1) is 26.7. The van der Waals surface area contributed by atoms with Gasteiger partial charge in [-0.05, 0) is 16.7 Å². The molecule has 29 heavy (non-hydrogen) atoms. The molecule has 3 atom stereocenters. The van der Waals surface area contributed by atoms with Crippen LogP contribution in [-0.2, 0) is 24.1 Å². The molecule has 162 valence electrons. The summed E-state index contributed by atoms with van der Waals surface area (Å²) in [4.78, 5) is 36.0. The van der Waals surface area contributed by atoms with E-state index in [4.69, 9.17) is 5.11 Å². The van der Waals surface area contributed by atoms with E-state index >= 15 is 0 Å². The van der Waals surface area contributed by atoms with E-state index in [0.29, 0.717) is 0 Å². The predicted octanol–water partition coefficient (Wildman–Crippen LogP) is 0.901. The van der Waals surface area contributed by atoms with Gasteiger partial charge in [-0.25, -0.2) is 9.59 Å². The van der Waals surface area contributed by atoms with Gasteiger partial charge in [-0.3, -0.25) is 4.79 Å². The zero-order valence-electron chi connectivity index (χ0n) is 14.6. The Kier molecular flexibility index (Phi) is 10.9. The fourth-order valence-corrected chi connectivity index (χ4v) is 4.21. The number of nitrogens with one attached hydrogen (secondary N) is 1. The molecule has 0 saturated carbocycles. The van der Waals surface area contributed by atoms with Crippen LogP contribution in [0.4, 0.5) is 5.69 Å². The highest BCUT2D eigenvalue weighted by molar-refractivity contribution is 14.1. The van der Waals surface area contributed by atoms with Gasteiger partial charge in [0.1, 0.15) is 18.9 Å². The number of rotatable bonds is 10. The number of benzene rings is 1. The molecule has 0 saturated heterocycles. The van der Waals surface area contributed by atoms with E-state index in [1.165, 1.54) is 0 Å². The molecule has 13 heteroatoms. The number of carbonyl (C=O) groups excluding carboxylic acids is 1. The monoisotopic (exact) mass is 749 g/mol. The van der Waals surface area contributed by atoms with Gasteiger partial charge in [0.25, 0.3) is 0 Å². The fraction of sp³-hybridized carbons (Fsp3) is 0.438. The first-order valence-electron chi connectivity index (χ1n) is 7.94. The van der Waals surface area contributed by atoms with Crippen LogP contribution >= 0.6 is 67.8 Å².